The van der Waals surface area contributed by atoms with Crippen LogP contribution in [-0.4, -0.2) is 35.4 Å². The molecule has 51 heavy (non-hydrogen) atoms. The summed E-state index contributed by atoms with van der Waals surface area (Å²) in [4.78, 5) is 44.6. The Morgan fingerprint density at radius 2 is 0.961 bits per heavy atom. The van der Waals surface area contributed by atoms with Gasteiger partial charge in [-0.3, -0.25) is 20.2 Å². The Morgan fingerprint density at radius 3 is 1.31 bits per heavy atom. The first-order valence-corrected chi connectivity index (χ1v) is 16.0. The molecular weight excluding hydrogens is 707 g/mol. The van der Waals surface area contributed by atoms with Gasteiger partial charge in [0.2, 0.25) is 0 Å². The van der Waals surface area contributed by atoms with Crippen molar-refractivity contribution in [3.63, 3.8) is 0 Å². The molecule has 0 bridgehead atoms. The average Bonchev–Trinajstić information content (AvgIpc) is 3.10. The molecule has 0 aliphatic heterocycles. The SMILES string of the molecule is O=C(OCCc1ccc([N+](=O)[O-])cc1)Oc1ccc(CC=COC=CCc2ccc(OC(=O)OCCc3ccc([N+](=O)[O-])cc3)c(Cl)c2)cc1Cl. The molecule has 0 fully saturated rings. The predicted molar refractivity (Wildman–Crippen MR) is 187 cm³/mol. The lowest BCUT2D eigenvalue weighted by atomic mass is 10.1. The van der Waals surface area contributed by atoms with Crippen LogP contribution in [0.3, 0.4) is 0 Å². The summed E-state index contributed by atoms with van der Waals surface area (Å²) in [6.07, 6.45) is 6.42. The smallest absolute Gasteiger partial charge is 0.473 e. The van der Waals surface area contributed by atoms with Gasteiger partial charge < -0.3 is 23.7 Å². The van der Waals surface area contributed by atoms with Crippen molar-refractivity contribution < 1.29 is 43.1 Å². The van der Waals surface area contributed by atoms with E-state index in [1.54, 1.807) is 72.8 Å². The van der Waals surface area contributed by atoms with E-state index in [-0.39, 0.29) is 46.1 Å². The second kappa shape index (κ2) is 19.3. The minimum absolute atomic E-state index is 0.0203. The van der Waals surface area contributed by atoms with E-state index in [4.69, 9.17) is 46.9 Å². The van der Waals surface area contributed by atoms with Gasteiger partial charge in [-0.05, 0) is 71.5 Å². The van der Waals surface area contributed by atoms with Crippen molar-refractivity contribution >= 4 is 46.9 Å². The van der Waals surface area contributed by atoms with Crippen molar-refractivity contribution in [1.82, 2.24) is 0 Å². The Kier molecular flexibility index (Phi) is 14.4. The standard InChI is InChI=1S/C36H30Cl2N2O11/c37-31-23-27(9-15-33(31)50-35(41)48-21-17-25-5-11-29(12-6-25)39(43)44)3-1-19-47-20-2-4-28-10-16-34(32(38)24-28)51-36(42)49-22-18-26-7-13-30(14-8-26)40(45)46/h1-2,5-16,19-20,23-24H,3-4,17-18,21-22H2. The topological polar surface area (TPSA) is 167 Å². The summed E-state index contributed by atoms with van der Waals surface area (Å²) in [5.74, 6) is 0.279. The third-order valence-electron chi connectivity index (χ3n) is 6.95. The molecule has 264 valence electrons. The summed E-state index contributed by atoms with van der Waals surface area (Å²) < 4.78 is 25.9. The van der Waals surface area contributed by atoms with Crippen LogP contribution in [0.15, 0.2) is 110 Å². The van der Waals surface area contributed by atoms with Gasteiger partial charge in [0, 0.05) is 37.1 Å². The van der Waals surface area contributed by atoms with Gasteiger partial charge in [-0.1, -0.05) is 59.6 Å². The fourth-order valence-corrected chi connectivity index (χ4v) is 4.83. The number of non-ortho nitro benzene ring substituents is 2. The van der Waals surface area contributed by atoms with E-state index < -0.39 is 22.2 Å². The van der Waals surface area contributed by atoms with Crippen molar-refractivity contribution in [3.8, 4) is 11.5 Å². The molecule has 0 heterocycles. The number of rotatable bonds is 16. The van der Waals surface area contributed by atoms with Crippen LogP contribution >= 0.6 is 23.2 Å². The molecule has 0 saturated heterocycles. The van der Waals surface area contributed by atoms with E-state index in [1.165, 1.54) is 36.8 Å². The Balaban J connectivity index is 1.11. The van der Waals surface area contributed by atoms with E-state index in [0.717, 1.165) is 22.3 Å². The monoisotopic (exact) mass is 736 g/mol. The maximum atomic E-state index is 12.1. The summed E-state index contributed by atoms with van der Waals surface area (Å²) in [5.41, 5.74) is 3.18. The number of carbonyl (C=O) groups excluding carboxylic acids is 2. The van der Waals surface area contributed by atoms with Crippen molar-refractivity contribution in [1.29, 1.82) is 0 Å². The number of benzene rings is 4. The van der Waals surface area contributed by atoms with Crippen molar-refractivity contribution in [2.24, 2.45) is 0 Å². The molecule has 0 aliphatic carbocycles. The second-order valence-electron chi connectivity index (χ2n) is 10.6. The number of hydrogen-bond donors (Lipinski definition) is 0. The normalized spacial score (nSPS) is 10.9. The molecule has 0 aliphatic rings. The molecule has 4 aromatic carbocycles. The number of nitro benzene ring substituents is 2. The van der Waals surface area contributed by atoms with Crippen LogP contribution in [0, 0.1) is 20.2 Å². The lowest BCUT2D eigenvalue weighted by molar-refractivity contribution is -0.385. The fourth-order valence-electron chi connectivity index (χ4n) is 4.34. The molecular formula is C36H30Cl2N2O11. The number of allylic oxidation sites excluding steroid dienone is 2. The maximum absolute atomic E-state index is 12.1. The van der Waals surface area contributed by atoms with E-state index in [1.807, 2.05) is 0 Å². The summed E-state index contributed by atoms with van der Waals surface area (Å²) in [6.45, 7) is 0.0482. The summed E-state index contributed by atoms with van der Waals surface area (Å²) >= 11 is 12.5. The number of nitrogens with zero attached hydrogens (tertiary/aromatic N) is 2. The first-order chi connectivity index (χ1) is 24.6. The van der Waals surface area contributed by atoms with Crippen molar-refractivity contribution in [2.45, 2.75) is 25.7 Å². The molecule has 4 rings (SSSR count). The number of halogens is 2. The zero-order chi connectivity index (χ0) is 36.6. The highest BCUT2D eigenvalue weighted by Gasteiger charge is 2.13. The highest BCUT2D eigenvalue weighted by atomic mass is 35.5. The lowest BCUT2D eigenvalue weighted by Gasteiger charge is -2.08. The predicted octanol–water partition coefficient (Wildman–Crippen LogP) is 9.16. The van der Waals surface area contributed by atoms with Gasteiger partial charge in [-0.2, -0.15) is 0 Å². The Hall–Kier alpha value is -5.92. The molecule has 0 saturated carbocycles. The van der Waals surface area contributed by atoms with Gasteiger partial charge in [0.1, 0.15) is 0 Å². The fraction of sp³-hybridized carbons (Fsp3) is 0.167. The van der Waals surface area contributed by atoms with Crippen LogP contribution < -0.4 is 9.47 Å². The van der Waals surface area contributed by atoms with Gasteiger partial charge in [0.25, 0.3) is 11.4 Å². The summed E-state index contributed by atoms with van der Waals surface area (Å²) in [7, 11) is 0. The minimum atomic E-state index is -0.923. The van der Waals surface area contributed by atoms with E-state index >= 15 is 0 Å². The van der Waals surface area contributed by atoms with Gasteiger partial charge in [-0.25, -0.2) is 9.59 Å². The van der Waals surface area contributed by atoms with E-state index in [9.17, 15) is 29.8 Å². The van der Waals surface area contributed by atoms with Crippen molar-refractivity contribution in [3.05, 3.63) is 162 Å². The van der Waals surface area contributed by atoms with Gasteiger partial charge >= 0.3 is 12.3 Å². The zero-order valence-electron chi connectivity index (χ0n) is 26.8. The van der Waals surface area contributed by atoms with Crippen LogP contribution in [0.1, 0.15) is 22.3 Å². The highest BCUT2D eigenvalue weighted by molar-refractivity contribution is 6.32. The Labute approximate surface area is 301 Å². The van der Waals surface area contributed by atoms with Gasteiger partial charge in [0.05, 0.1) is 45.6 Å². The molecule has 0 aromatic heterocycles. The number of hydrogen-bond acceptors (Lipinski definition) is 11. The second-order valence-corrected chi connectivity index (χ2v) is 11.4. The van der Waals surface area contributed by atoms with Crippen LogP contribution in [0.4, 0.5) is 21.0 Å². The quantitative estimate of drug-likeness (QED) is 0.0354. The van der Waals surface area contributed by atoms with Crippen molar-refractivity contribution in [2.75, 3.05) is 13.2 Å². The van der Waals surface area contributed by atoms with E-state index in [2.05, 4.69) is 0 Å². The van der Waals surface area contributed by atoms with Gasteiger partial charge in [0.15, 0.2) is 11.5 Å². The average molecular weight is 738 g/mol. The largest absolute Gasteiger partial charge is 0.513 e. The number of ether oxygens (including phenoxy) is 5. The van der Waals surface area contributed by atoms with Crippen LogP contribution in [-0.2, 0) is 39.9 Å². The molecule has 0 atom stereocenters. The minimum Gasteiger partial charge on any atom is -0.473 e. The van der Waals surface area contributed by atoms with Crippen LogP contribution in [0.5, 0.6) is 11.5 Å². The zero-order valence-corrected chi connectivity index (χ0v) is 28.3. The molecule has 0 amide bonds. The van der Waals surface area contributed by atoms with Crippen LogP contribution in [0.25, 0.3) is 0 Å². The molecule has 0 N–H and O–H groups in total. The highest BCUT2D eigenvalue weighted by Crippen LogP contribution is 2.27. The summed E-state index contributed by atoms with van der Waals surface area (Å²) in [6, 6.07) is 21.8. The number of nitro groups is 2. The summed E-state index contributed by atoms with van der Waals surface area (Å²) in [5, 5.41) is 21.9. The third-order valence-corrected chi connectivity index (χ3v) is 7.54. The molecule has 0 radical (unpaired) electrons. The maximum Gasteiger partial charge on any atom is 0.513 e. The molecule has 0 unspecified atom stereocenters. The van der Waals surface area contributed by atoms with E-state index in [0.29, 0.717) is 25.7 Å². The molecule has 4 aromatic rings. The molecule has 13 nitrogen and oxygen atoms in total. The lowest BCUT2D eigenvalue weighted by Crippen LogP contribution is -2.13. The first-order valence-electron chi connectivity index (χ1n) is 15.3. The third kappa shape index (κ3) is 12.8. The first kappa shape index (κ1) is 37.9. The van der Waals surface area contributed by atoms with Gasteiger partial charge in [-0.15, -0.1) is 0 Å². The Bertz CT molecular complexity index is 1760. The molecule has 0 spiro atoms. The molecule has 15 heteroatoms. The number of carbonyl (C=O) groups is 2. The Morgan fingerprint density at radius 1 is 0.588 bits per heavy atom. The van der Waals surface area contributed by atoms with Crippen LogP contribution in [0.2, 0.25) is 10.0 Å².